The fraction of sp³-hybridized carbons (Fsp3) is 0.125. The second kappa shape index (κ2) is 10.8. The second-order valence-corrected chi connectivity index (χ2v) is 7.58. The molecular weight excluding hydrogens is 437 g/mol. The van der Waals surface area contributed by atoms with E-state index in [0.29, 0.717) is 26.9 Å². The molecule has 5 nitrogen and oxygen atoms in total. The zero-order valence-corrected chi connectivity index (χ0v) is 17.9. The van der Waals surface area contributed by atoms with Crippen molar-refractivity contribution in [2.24, 2.45) is 0 Å². The summed E-state index contributed by atoms with van der Waals surface area (Å²) in [6, 6.07) is 21.7. The van der Waals surface area contributed by atoms with E-state index in [-0.39, 0.29) is 24.5 Å². The lowest BCUT2D eigenvalue weighted by Crippen LogP contribution is -2.21. The van der Waals surface area contributed by atoms with Crippen molar-refractivity contribution in [3.8, 4) is 0 Å². The lowest BCUT2D eigenvalue weighted by molar-refractivity contribution is -0.148. The zero-order chi connectivity index (χ0) is 22.2. The third-order valence-electron chi connectivity index (χ3n) is 4.40. The molecular formula is C24H19Cl2NO4. The Kier molecular flexibility index (Phi) is 7.82. The van der Waals surface area contributed by atoms with Crippen molar-refractivity contribution in [1.29, 1.82) is 0 Å². The summed E-state index contributed by atoms with van der Waals surface area (Å²) in [5, 5.41) is 3.73. The highest BCUT2D eigenvalue weighted by Gasteiger charge is 2.26. The maximum atomic E-state index is 13.0. The molecule has 1 N–H and O–H groups in total. The number of hydrogen-bond donors (Lipinski definition) is 1. The number of carbonyl (C=O) groups excluding carboxylic acids is 3. The van der Waals surface area contributed by atoms with Crippen LogP contribution in [0.3, 0.4) is 0 Å². The molecule has 0 heterocycles. The monoisotopic (exact) mass is 455 g/mol. The minimum Gasteiger partial charge on any atom is -0.449 e. The molecule has 3 aromatic rings. The number of rotatable bonds is 8. The highest BCUT2D eigenvalue weighted by molar-refractivity contribution is 6.30. The van der Waals surface area contributed by atoms with Gasteiger partial charge in [-0.2, -0.15) is 0 Å². The maximum Gasteiger partial charge on any atom is 0.307 e. The van der Waals surface area contributed by atoms with Gasteiger partial charge in [0.25, 0.3) is 0 Å². The number of benzene rings is 3. The van der Waals surface area contributed by atoms with Gasteiger partial charge < -0.3 is 10.1 Å². The lowest BCUT2D eigenvalue weighted by Gasteiger charge is -2.17. The quantitative estimate of drug-likeness (QED) is 0.340. The van der Waals surface area contributed by atoms with E-state index in [2.05, 4.69) is 5.32 Å². The summed E-state index contributed by atoms with van der Waals surface area (Å²) >= 11 is 11.8. The van der Waals surface area contributed by atoms with Crippen LogP contribution in [0.4, 0.5) is 5.69 Å². The van der Waals surface area contributed by atoms with Crippen LogP contribution in [0.15, 0.2) is 78.9 Å². The van der Waals surface area contributed by atoms with Crippen molar-refractivity contribution in [3.05, 3.63) is 100 Å². The van der Waals surface area contributed by atoms with Gasteiger partial charge in [-0.15, -0.1) is 0 Å². The van der Waals surface area contributed by atoms with Crippen molar-refractivity contribution in [3.63, 3.8) is 0 Å². The second-order valence-electron chi connectivity index (χ2n) is 6.71. The van der Waals surface area contributed by atoms with Crippen molar-refractivity contribution < 1.29 is 19.1 Å². The van der Waals surface area contributed by atoms with E-state index < -0.39 is 12.1 Å². The smallest absolute Gasteiger partial charge is 0.307 e. The lowest BCUT2D eigenvalue weighted by atomic mass is 10.00. The first kappa shape index (κ1) is 22.5. The molecule has 0 aromatic heterocycles. The fourth-order valence-electron chi connectivity index (χ4n) is 2.83. The number of anilines is 1. The number of hydrogen-bond acceptors (Lipinski definition) is 4. The van der Waals surface area contributed by atoms with E-state index >= 15 is 0 Å². The van der Waals surface area contributed by atoms with Crippen molar-refractivity contribution in [2.75, 3.05) is 5.32 Å². The van der Waals surface area contributed by atoms with Gasteiger partial charge in [0.15, 0.2) is 6.10 Å². The average Bonchev–Trinajstić information content (AvgIpc) is 2.78. The van der Waals surface area contributed by atoms with Gasteiger partial charge >= 0.3 is 5.97 Å². The van der Waals surface area contributed by atoms with Crippen molar-refractivity contribution in [2.45, 2.75) is 18.9 Å². The van der Waals surface area contributed by atoms with E-state index in [0.717, 1.165) is 0 Å². The van der Waals surface area contributed by atoms with Gasteiger partial charge in [-0.1, -0.05) is 65.7 Å². The van der Waals surface area contributed by atoms with Crippen LogP contribution in [0.5, 0.6) is 0 Å². The normalized spacial score (nSPS) is 11.4. The Labute approximate surface area is 189 Å². The largest absolute Gasteiger partial charge is 0.449 e. The van der Waals surface area contributed by atoms with Crippen molar-refractivity contribution >= 4 is 46.5 Å². The summed E-state index contributed by atoms with van der Waals surface area (Å²) in [4.78, 5) is 37.5. The van der Waals surface area contributed by atoms with Crippen LogP contribution in [0.25, 0.3) is 0 Å². The molecule has 0 aliphatic heterocycles. The molecule has 3 aromatic carbocycles. The first-order valence-electron chi connectivity index (χ1n) is 9.52. The van der Waals surface area contributed by atoms with Crippen LogP contribution < -0.4 is 5.32 Å². The fourth-order valence-corrected chi connectivity index (χ4v) is 3.08. The highest BCUT2D eigenvalue weighted by Crippen LogP contribution is 2.25. The number of ketones is 1. The Morgan fingerprint density at radius 2 is 1.35 bits per heavy atom. The van der Waals surface area contributed by atoms with Gasteiger partial charge in [-0.05, 0) is 36.4 Å². The van der Waals surface area contributed by atoms with Gasteiger partial charge in [0.1, 0.15) is 0 Å². The number of Topliss-reactive ketones (excluding diaryl/α,β-unsaturated/α-hetero) is 1. The Bertz CT molecular complexity index is 1050. The number of ether oxygens (including phenoxy) is 1. The molecule has 0 unspecified atom stereocenters. The molecule has 0 bridgehead atoms. The molecule has 1 atom stereocenters. The molecule has 158 valence electrons. The van der Waals surface area contributed by atoms with E-state index in [9.17, 15) is 14.4 Å². The number of amides is 1. The summed E-state index contributed by atoms with van der Waals surface area (Å²) in [6.45, 7) is 0. The summed E-state index contributed by atoms with van der Waals surface area (Å²) in [6.07, 6.45) is -1.40. The summed E-state index contributed by atoms with van der Waals surface area (Å²) in [5.74, 6) is -1.37. The van der Waals surface area contributed by atoms with Gasteiger partial charge in [0.05, 0.1) is 6.42 Å². The number of halogens is 2. The third kappa shape index (κ3) is 6.67. The predicted octanol–water partition coefficient (Wildman–Crippen LogP) is 5.88. The average molecular weight is 456 g/mol. The summed E-state index contributed by atoms with van der Waals surface area (Å²) < 4.78 is 5.48. The molecule has 0 spiro atoms. The topological polar surface area (TPSA) is 72.5 Å². The minimum atomic E-state index is -1.13. The van der Waals surface area contributed by atoms with Crippen molar-refractivity contribution in [1.82, 2.24) is 0 Å². The minimum absolute atomic E-state index is 0.0890. The van der Waals surface area contributed by atoms with E-state index in [4.69, 9.17) is 27.9 Å². The predicted molar refractivity (Wildman–Crippen MR) is 120 cm³/mol. The van der Waals surface area contributed by atoms with Gasteiger partial charge in [0, 0.05) is 33.3 Å². The number of carbonyl (C=O) groups is 3. The van der Waals surface area contributed by atoms with Crippen LogP contribution in [0, 0.1) is 0 Å². The van der Waals surface area contributed by atoms with Gasteiger partial charge in [-0.3, -0.25) is 14.4 Å². The standard InChI is InChI=1S/C24H19Cl2NO4/c25-18-8-6-17(7-9-18)24(23(30)16-4-2-1-3-5-16)31-22(29)15-14-21(28)27-20-12-10-19(26)11-13-20/h1-13,24H,14-15H2,(H,27,28)/t24-/m0/s1. The molecule has 0 fully saturated rings. The summed E-state index contributed by atoms with van der Waals surface area (Å²) in [5.41, 5.74) is 1.48. The molecule has 0 radical (unpaired) electrons. The first-order chi connectivity index (χ1) is 14.9. The van der Waals surface area contributed by atoms with E-state index in [1.807, 2.05) is 0 Å². The molecule has 0 saturated heterocycles. The Morgan fingerprint density at radius 1 is 0.774 bits per heavy atom. The number of esters is 1. The molecule has 0 aliphatic rings. The molecule has 7 heteroatoms. The zero-order valence-electron chi connectivity index (χ0n) is 16.4. The van der Waals surface area contributed by atoms with Crippen LogP contribution in [-0.4, -0.2) is 17.7 Å². The van der Waals surface area contributed by atoms with E-state index in [1.54, 1.807) is 78.9 Å². The Morgan fingerprint density at radius 3 is 1.97 bits per heavy atom. The maximum absolute atomic E-state index is 13.0. The van der Waals surface area contributed by atoms with Gasteiger partial charge in [-0.25, -0.2) is 0 Å². The third-order valence-corrected chi connectivity index (χ3v) is 4.91. The Balaban J connectivity index is 1.65. The molecule has 1 amide bonds. The van der Waals surface area contributed by atoms with Gasteiger partial charge in [0.2, 0.25) is 11.7 Å². The van der Waals surface area contributed by atoms with E-state index in [1.165, 1.54) is 0 Å². The number of nitrogens with one attached hydrogen (secondary N) is 1. The van der Waals surface area contributed by atoms with Crippen LogP contribution in [0.1, 0.15) is 34.9 Å². The molecule has 31 heavy (non-hydrogen) atoms. The Hall–Kier alpha value is -3.15. The molecule has 0 aliphatic carbocycles. The van der Waals surface area contributed by atoms with Crippen LogP contribution >= 0.6 is 23.2 Å². The molecule has 0 saturated carbocycles. The van der Waals surface area contributed by atoms with Crippen LogP contribution in [0.2, 0.25) is 10.0 Å². The highest BCUT2D eigenvalue weighted by atomic mass is 35.5. The van der Waals surface area contributed by atoms with Crippen LogP contribution in [-0.2, 0) is 14.3 Å². The summed E-state index contributed by atoms with van der Waals surface area (Å²) in [7, 11) is 0. The SMILES string of the molecule is O=C(CCC(=O)O[C@H](C(=O)c1ccccc1)c1ccc(Cl)cc1)Nc1ccc(Cl)cc1. The first-order valence-corrected chi connectivity index (χ1v) is 10.3. The molecule has 3 rings (SSSR count).